The van der Waals surface area contributed by atoms with Gasteiger partial charge in [0.1, 0.15) is 5.82 Å². The Morgan fingerprint density at radius 2 is 1.88 bits per heavy atom. The predicted octanol–water partition coefficient (Wildman–Crippen LogP) is 5.69. The first-order valence-corrected chi connectivity index (χ1v) is 12.2. The third-order valence-corrected chi connectivity index (χ3v) is 7.05. The minimum Gasteiger partial charge on any atom is -0.478 e. The molecule has 0 spiro atoms. The van der Waals surface area contributed by atoms with Gasteiger partial charge in [-0.2, -0.15) is 0 Å². The number of amides is 1. The average molecular weight is 493 g/mol. The van der Waals surface area contributed by atoms with Crippen molar-refractivity contribution in [1.82, 2.24) is 14.8 Å². The summed E-state index contributed by atoms with van der Waals surface area (Å²) < 4.78 is 1.98. The van der Waals surface area contributed by atoms with Gasteiger partial charge in [0.15, 0.2) is 5.16 Å². The lowest BCUT2D eigenvalue weighted by Crippen LogP contribution is -2.15. The van der Waals surface area contributed by atoms with E-state index < -0.39 is 5.97 Å². The molecule has 1 fully saturated rings. The lowest BCUT2D eigenvalue weighted by Gasteiger charge is -2.14. The average Bonchev–Trinajstić information content (AvgIpc) is 3.61. The van der Waals surface area contributed by atoms with Gasteiger partial charge in [-0.3, -0.25) is 9.36 Å². The van der Waals surface area contributed by atoms with Crippen LogP contribution in [0.2, 0.25) is 5.02 Å². The number of halogens is 1. The minimum absolute atomic E-state index is 0.0564. The maximum absolute atomic E-state index is 12.6. The van der Waals surface area contributed by atoms with Crippen molar-refractivity contribution in [2.24, 2.45) is 0 Å². The molecule has 3 aromatic carbocycles. The third kappa shape index (κ3) is 4.38. The van der Waals surface area contributed by atoms with Gasteiger partial charge in [-0.15, -0.1) is 10.2 Å². The van der Waals surface area contributed by atoms with Gasteiger partial charge >= 0.3 is 5.97 Å². The van der Waals surface area contributed by atoms with Crippen LogP contribution in [-0.2, 0) is 4.79 Å². The van der Waals surface area contributed by atoms with Gasteiger partial charge in [-0.05, 0) is 60.9 Å². The number of hydrogen-bond donors (Lipinski definition) is 2. The molecule has 0 atom stereocenters. The zero-order valence-electron chi connectivity index (χ0n) is 18.3. The molecule has 0 bridgehead atoms. The lowest BCUT2D eigenvalue weighted by molar-refractivity contribution is -0.113. The lowest BCUT2D eigenvalue weighted by atomic mass is 9.99. The Kier molecular flexibility index (Phi) is 6.02. The largest absolute Gasteiger partial charge is 0.478 e. The zero-order chi connectivity index (χ0) is 23.8. The van der Waals surface area contributed by atoms with E-state index in [4.69, 9.17) is 16.7 Å². The quantitative estimate of drug-likeness (QED) is 0.322. The van der Waals surface area contributed by atoms with Crippen molar-refractivity contribution in [2.45, 2.75) is 30.8 Å². The molecule has 34 heavy (non-hydrogen) atoms. The number of rotatable bonds is 7. The molecule has 1 aliphatic carbocycles. The second kappa shape index (κ2) is 9.12. The maximum Gasteiger partial charge on any atom is 0.335 e. The molecule has 4 aromatic rings. The molecular weight excluding hydrogens is 472 g/mol. The summed E-state index contributed by atoms with van der Waals surface area (Å²) in [6.45, 7) is 1.89. The van der Waals surface area contributed by atoms with Crippen LogP contribution in [0.15, 0.2) is 59.8 Å². The van der Waals surface area contributed by atoms with Gasteiger partial charge < -0.3 is 10.4 Å². The van der Waals surface area contributed by atoms with Crippen molar-refractivity contribution in [3.05, 3.63) is 76.6 Å². The maximum atomic E-state index is 12.6. The Labute approximate surface area is 205 Å². The van der Waals surface area contributed by atoms with Crippen LogP contribution in [0.5, 0.6) is 0 Å². The van der Waals surface area contributed by atoms with Crippen LogP contribution in [0.1, 0.15) is 40.5 Å². The minimum atomic E-state index is -1.08. The number of hydrogen-bond acceptors (Lipinski definition) is 5. The van der Waals surface area contributed by atoms with Crippen LogP contribution in [-0.4, -0.2) is 37.5 Å². The molecule has 0 unspecified atom stereocenters. The van der Waals surface area contributed by atoms with E-state index in [2.05, 4.69) is 45.8 Å². The number of nitrogens with one attached hydrogen (secondary N) is 1. The predicted molar refractivity (Wildman–Crippen MR) is 133 cm³/mol. The highest BCUT2D eigenvalue weighted by Gasteiger charge is 2.26. The highest BCUT2D eigenvalue weighted by atomic mass is 35.5. The smallest absolute Gasteiger partial charge is 0.335 e. The number of carbonyl (C=O) groups is 2. The van der Waals surface area contributed by atoms with Crippen molar-refractivity contribution in [1.29, 1.82) is 0 Å². The molecule has 1 saturated carbocycles. The van der Waals surface area contributed by atoms with Gasteiger partial charge in [-0.25, -0.2) is 4.79 Å². The zero-order valence-corrected chi connectivity index (χ0v) is 19.9. The molecule has 5 rings (SSSR count). The topological polar surface area (TPSA) is 97.1 Å². The Morgan fingerprint density at radius 1 is 1.12 bits per heavy atom. The van der Waals surface area contributed by atoms with Crippen LogP contribution in [0, 0.1) is 6.92 Å². The monoisotopic (exact) mass is 492 g/mol. The van der Waals surface area contributed by atoms with Crippen molar-refractivity contribution >= 4 is 51.7 Å². The summed E-state index contributed by atoms with van der Waals surface area (Å²) in [6, 6.07) is 16.8. The first-order chi connectivity index (χ1) is 16.4. The molecule has 1 aromatic heterocycles. The van der Waals surface area contributed by atoms with Crippen LogP contribution >= 0.6 is 23.4 Å². The van der Waals surface area contributed by atoms with E-state index in [0.29, 0.717) is 16.8 Å². The molecule has 0 radical (unpaired) electrons. The van der Waals surface area contributed by atoms with Crippen molar-refractivity contribution in [3.63, 3.8) is 0 Å². The van der Waals surface area contributed by atoms with Crippen molar-refractivity contribution in [2.75, 3.05) is 11.1 Å². The number of anilines is 1. The molecule has 0 aliphatic heterocycles. The number of carboxylic acid groups (broad SMARTS) is 1. The Bertz CT molecular complexity index is 1430. The SMILES string of the molecule is Cc1nnc(SCC(=O)Nc2ccc(C(=O)O)cc2Cl)n1-c1ccc(C2CC2)c2ccccc12. The highest BCUT2D eigenvalue weighted by molar-refractivity contribution is 7.99. The van der Waals surface area contributed by atoms with Crippen LogP contribution in [0.25, 0.3) is 16.5 Å². The number of benzene rings is 3. The summed E-state index contributed by atoms with van der Waals surface area (Å²) in [6.07, 6.45) is 2.46. The van der Waals surface area contributed by atoms with Gasteiger partial charge in [0.2, 0.25) is 5.91 Å². The summed E-state index contributed by atoms with van der Waals surface area (Å²) in [5.74, 6) is 0.0982. The first kappa shape index (κ1) is 22.4. The number of fused-ring (bicyclic) bond motifs is 1. The van der Waals surface area contributed by atoms with Gasteiger partial charge in [0, 0.05) is 5.39 Å². The Balaban J connectivity index is 1.37. The van der Waals surface area contributed by atoms with Crippen LogP contribution in [0.3, 0.4) is 0 Å². The van der Waals surface area contributed by atoms with Crippen molar-refractivity contribution in [3.8, 4) is 5.69 Å². The normalized spacial score (nSPS) is 13.2. The Morgan fingerprint density at radius 3 is 2.59 bits per heavy atom. The molecule has 7 nitrogen and oxygen atoms in total. The number of carboxylic acids is 1. The van der Waals surface area contributed by atoms with E-state index in [-0.39, 0.29) is 22.2 Å². The molecule has 172 valence electrons. The molecular formula is C25H21ClN4O3S. The van der Waals surface area contributed by atoms with E-state index in [1.807, 2.05) is 17.6 Å². The first-order valence-electron chi connectivity index (χ1n) is 10.8. The van der Waals surface area contributed by atoms with Gasteiger partial charge in [0.25, 0.3) is 0 Å². The molecule has 9 heteroatoms. The van der Waals surface area contributed by atoms with E-state index in [9.17, 15) is 9.59 Å². The second-order valence-electron chi connectivity index (χ2n) is 8.20. The molecule has 2 N–H and O–H groups in total. The van der Waals surface area contributed by atoms with E-state index in [1.54, 1.807) is 0 Å². The number of aromatic nitrogens is 3. The number of thioether (sulfide) groups is 1. The van der Waals surface area contributed by atoms with E-state index >= 15 is 0 Å². The van der Waals surface area contributed by atoms with Crippen LogP contribution in [0.4, 0.5) is 5.69 Å². The number of aryl methyl sites for hydroxylation is 1. The number of carbonyl (C=O) groups excluding carboxylic acids is 1. The van der Waals surface area contributed by atoms with Crippen molar-refractivity contribution < 1.29 is 14.7 Å². The number of aromatic carboxylic acids is 1. The van der Waals surface area contributed by atoms with E-state index in [0.717, 1.165) is 16.9 Å². The van der Waals surface area contributed by atoms with E-state index in [1.165, 1.54) is 53.8 Å². The fourth-order valence-corrected chi connectivity index (χ4v) is 5.05. The summed E-state index contributed by atoms with van der Waals surface area (Å²) in [4.78, 5) is 23.7. The summed E-state index contributed by atoms with van der Waals surface area (Å²) in [7, 11) is 0. The third-order valence-electron chi connectivity index (χ3n) is 5.81. The Hall–Kier alpha value is -3.36. The molecule has 0 saturated heterocycles. The van der Waals surface area contributed by atoms with Gasteiger partial charge in [0.05, 0.1) is 27.7 Å². The summed E-state index contributed by atoms with van der Waals surface area (Å²) >= 11 is 7.40. The molecule has 1 heterocycles. The fourth-order valence-electron chi connectivity index (χ4n) is 4.03. The molecule has 1 amide bonds. The highest BCUT2D eigenvalue weighted by Crippen LogP contribution is 2.44. The molecule has 1 aliphatic rings. The summed E-state index contributed by atoms with van der Waals surface area (Å²) in [5, 5.41) is 23.5. The second-order valence-corrected chi connectivity index (χ2v) is 9.55. The van der Waals surface area contributed by atoms with Gasteiger partial charge in [-0.1, -0.05) is 53.7 Å². The fraction of sp³-hybridized carbons (Fsp3) is 0.200. The van der Waals surface area contributed by atoms with Crippen LogP contribution < -0.4 is 5.32 Å². The summed E-state index contributed by atoms with van der Waals surface area (Å²) in [5.41, 5.74) is 2.78. The number of nitrogens with zero attached hydrogens (tertiary/aromatic N) is 3. The standard InChI is InChI=1S/C25H21ClN4O3S/c1-14-28-29-25(34-13-23(31)27-21-10-8-16(24(32)33)12-20(21)26)30(14)22-11-9-17(15-6-7-15)18-4-2-3-5-19(18)22/h2-5,8-12,15H,6-7,13H2,1H3,(H,27,31)(H,32,33).